The Kier molecular flexibility index (Phi) is 3.94. The normalized spacial score (nSPS) is 20.8. The average molecular weight is 180 g/mol. The molecule has 72 valence electrons. The lowest BCUT2D eigenvalue weighted by molar-refractivity contribution is -0.118. The second-order valence-electron chi connectivity index (χ2n) is 3.88. The van der Waals surface area contributed by atoms with E-state index in [-0.39, 0.29) is 5.78 Å². The molecule has 0 spiro atoms. The number of likely N-dealkylation sites (N-methyl/N-ethyl adjacent to an activating group) is 1. The van der Waals surface area contributed by atoms with Gasteiger partial charge >= 0.3 is 0 Å². The maximum atomic E-state index is 10.9. The third-order valence-electron chi connectivity index (χ3n) is 2.59. The molecule has 1 saturated heterocycles. The van der Waals surface area contributed by atoms with Crippen LogP contribution in [0.5, 0.6) is 0 Å². The maximum Gasteiger partial charge on any atom is 0.182 e. The molecular weight excluding hydrogens is 163 g/mol. The number of nitrogens with zero attached hydrogens (tertiary/aromatic N) is 2. The highest BCUT2D eigenvalue weighted by molar-refractivity contribution is 6.04. The number of rotatable bonds is 3. The van der Waals surface area contributed by atoms with Crippen LogP contribution in [0.25, 0.3) is 0 Å². The summed E-state index contributed by atoms with van der Waals surface area (Å²) in [6.45, 7) is 4.07. The molecule has 0 aromatic carbocycles. The summed E-state index contributed by atoms with van der Waals surface area (Å²) in [6.07, 6.45) is 2.14. The highest BCUT2D eigenvalue weighted by Gasteiger charge is 2.20. The van der Waals surface area contributed by atoms with Crippen molar-refractivity contribution in [3.05, 3.63) is 0 Å². The van der Waals surface area contributed by atoms with Crippen LogP contribution in [-0.4, -0.2) is 56.2 Å². The van der Waals surface area contributed by atoms with Gasteiger partial charge in [-0.2, -0.15) is 0 Å². The third kappa shape index (κ3) is 3.49. The SMILES string of the molecule is [B]N1CCC(N(C)CC(C)=O)CC1. The molecule has 2 radical (unpaired) electrons. The van der Waals surface area contributed by atoms with Crippen LogP contribution in [0.1, 0.15) is 19.8 Å². The van der Waals surface area contributed by atoms with Crippen LogP contribution in [0, 0.1) is 0 Å². The number of hydrogen-bond donors (Lipinski definition) is 0. The summed E-state index contributed by atoms with van der Waals surface area (Å²) < 4.78 is 0. The zero-order valence-corrected chi connectivity index (χ0v) is 8.49. The number of Topliss-reactive ketones (excluding diaryl/α,β-unsaturated/α-hetero) is 1. The van der Waals surface area contributed by atoms with E-state index in [0.717, 1.165) is 25.9 Å². The molecule has 1 aliphatic heterocycles. The van der Waals surface area contributed by atoms with Gasteiger partial charge in [0.15, 0.2) is 7.98 Å². The van der Waals surface area contributed by atoms with Crippen LogP contribution in [0.4, 0.5) is 0 Å². The number of hydrogen-bond acceptors (Lipinski definition) is 3. The second kappa shape index (κ2) is 4.77. The Labute approximate surface area is 81.5 Å². The Balaban J connectivity index is 2.31. The van der Waals surface area contributed by atoms with Gasteiger partial charge in [-0.15, -0.1) is 0 Å². The van der Waals surface area contributed by atoms with Crippen molar-refractivity contribution in [3.8, 4) is 0 Å². The summed E-state index contributed by atoms with van der Waals surface area (Å²) in [6, 6.07) is 0.531. The quantitative estimate of drug-likeness (QED) is 0.573. The predicted molar refractivity (Wildman–Crippen MR) is 53.7 cm³/mol. The summed E-state index contributed by atoms with van der Waals surface area (Å²) in [5.41, 5.74) is 0. The molecule has 0 unspecified atom stereocenters. The molecular formula is C9H17BN2O. The third-order valence-corrected chi connectivity index (χ3v) is 2.59. The number of carbonyl (C=O) groups excluding carboxylic acids is 1. The number of ketones is 1. The molecule has 3 nitrogen and oxygen atoms in total. The lowest BCUT2D eigenvalue weighted by atomic mass is 10.0. The fourth-order valence-electron chi connectivity index (χ4n) is 1.81. The average Bonchev–Trinajstić information content (AvgIpc) is 2.04. The van der Waals surface area contributed by atoms with E-state index >= 15 is 0 Å². The van der Waals surface area contributed by atoms with Crippen LogP contribution in [-0.2, 0) is 4.79 Å². The standard InChI is InChI=1S/C9H17BN2O/c1-8(13)7-11(2)9-3-5-12(10)6-4-9/h9H,3-7H2,1-2H3. The van der Waals surface area contributed by atoms with Gasteiger partial charge in [-0.05, 0) is 39.9 Å². The molecule has 0 aromatic heterocycles. The van der Waals surface area contributed by atoms with E-state index in [2.05, 4.69) is 4.90 Å². The van der Waals surface area contributed by atoms with Crippen molar-refractivity contribution in [2.24, 2.45) is 0 Å². The highest BCUT2D eigenvalue weighted by Crippen LogP contribution is 2.13. The molecule has 13 heavy (non-hydrogen) atoms. The monoisotopic (exact) mass is 180 g/mol. The summed E-state index contributed by atoms with van der Waals surface area (Å²) in [5.74, 6) is 0.234. The van der Waals surface area contributed by atoms with Crippen LogP contribution in [0.15, 0.2) is 0 Å². The van der Waals surface area contributed by atoms with Gasteiger partial charge in [0.2, 0.25) is 0 Å². The van der Waals surface area contributed by atoms with Crippen molar-refractivity contribution in [3.63, 3.8) is 0 Å². The Morgan fingerprint density at radius 2 is 2.08 bits per heavy atom. The van der Waals surface area contributed by atoms with Crippen LogP contribution < -0.4 is 0 Å². The number of carbonyl (C=O) groups is 1. The molecule has 0 aliphatic carbocycles. The minimum atomic E-state index is 0.234. The highest BCUT2D eigenvalue weighted by atomic mass is 16.1. The van der Waals surface area contributed by atoms with Crippen LogP contribution in [0.2, 0.25) is 0 Å². The van der Waals surface area contributed by atoms with Crippen molar-refractivity contribution >= 4 is 13.8 Å². The van der Waals surface area contributed by atoms with Gasteiger partial charge in [-0.25, -0.2) is 0 Å². The Bertz CT molecular complexity index is 178. The summed E-state index contributed by atoms with van der Waals surface area (Å²) >= 11 is 0. The van der Waals surface area contributed by atoms with Crippen molar-refractivity contribution < 1.29 is 4.79 Å². The Morgan fingerprint density at radius 3 is 2.54 bits per heavy atom. The first-order valence-electron chi connectivity index (χ1n) is 4.79. The van der Waals surface area contributed by atoms with E-state index in [4.69, 9.17) is 7.98 Å². The second-order valence-corrected chi connectivity index (χ2v) is 3.88. The topological polar surface area (TPSA) is 23.6 Å². The van der Waals surface area contributed by atoms with Crippen LogP contribution >= 0.6 is 0 Å². The first kappa shape index (κ1) is 10.7. The number of piperidine rings is 1. The first-order valence-corrected chi connectivity index (χ1v) is 4.79. The van der Waals surface area contributed by atoms with E-state index in [9.17, 15) is 4.79 Å². The van der Waals surface area contributed by atoms with Crippen molar-refractivity contribution in [1.82, 2.24) is 9.71 Å². The molecule has 0 bridgehead atoms. The van der Waals surface area contributed by atoms with E-state index in [1.165, 1.54) is 0 Å². The van der Waals surface area contributed by atoms with Crippen molar-refractivity contribution in [2.45, 2.75) is 25.8 Å². The van der Waals surface area contributed by atoms with Crippen molar-refractivity contribution in [1.29, 1.82) is 0 Å². The molecule has 0 atom stereocenters. The van der Waals surface area contributed by atoms with Gasteiger partial charge in [-0.1, -0.05) is 0 Å². The molecule has 0 aromatic rings. The van der Waals surface area contributed by atoms with Gasteiger partial charge < -0.3 is 4.81 Å². The minimum absolute atomic E-state index is 0.234. The predicted octanol–water partition coefficient (Wildman–Crippen LogP) is 0.0551. The lowest BCUT2D eigenvalue weighted by Crippen LogP contribution is -2.43. The molecule has 1 fully saturated rings. The smallest absolute Gasteiger partial charge is 0.182 e. The van der Waals surface area contributed by atoms with Gasteiger partial charge in [0.25, 0.3) is 0 Å². The zero-order valence-electron chi connectivity index (χ0n) is 8.49. The van der Waals surface area contributed by atoms with Gasteiger partial charge in [-0.3, -0.25) is 9.69 Å². The molecule has 0 N–H and O–H groups in total. The van der Waals surface area contributed by atoms with E-state index in [1.54, 1.807) is 6.92 Å². The Morgan fingerprint density at radius 1 is 1.54 bits per heavy atom. The molecule has 4 heteroatoms. The van der Waals surface area contributed by atoms with Gasteiger partial charge in [0.1, 0.15) is 5.78 Å². The largest absolute Gasteiger partial charge is 0.353 e. The van der Waals surface area contributed by atoms with Crippen LogP contribution in [0.3, 0.4) is 0 Å². The fraction of sp³-hybridized carbons (Fsp3) is 0.889. The summed E-state index contributed by atoms with van der Waals surface area (Å²) in [7, 11) is 7.66. The molecule has 0 amide bonds. The van der Waals surface area contributed by atoms with Gasteiger partial charge in [0.05, 0.1) is 6.54 Å². The molecule has 0 saturated carbocycles. The first-order chi connectivity index (χ1) is 6.09. The minimum Gasteiger partial charge on any atom is -0.353 e. The summed E-state index contributed by atoms with van der Waals surface area (Å²) in [4.78, 5) is 14.9. The fourth-order valence-corrected chi connectivity index (χ4v) is 1.81. The van der Waals surface area contributed by atoms with E-state index in [1.807, 2.05) is 11.9 Å². The van der Waals surface area contributed by atoms with Gasteiger partial charge in [0, 0.05) is 6.04 Å². The summed E-state index contributed by atoms with van der Waals surface area (Å²) in [5, 5.41) is 0. The Hall–Kier alpha value is -0.345. The lowest BCUT2D eigenvalue weighted by Gasteiger charge is -2.34. The molecule has 1 aliphatic rings. The van der Waals surface area contributed by atoms with E-state index < -0.39 is 0 Å². The molecule has 1 heterocycles. The zero-order chi connectivity index (χ0) is 9.84. The molecule has 1 rings (SSSR count). The van der Waals surface area contributed by atoms with E-state index in [0.29, 0.717) is 12.6 Å². The van der Waals surface area contributed by atoms with Crippen molar-refractivity contribution in [2.75, 3.05) is 26.7 Å². The maximum absolute atomic E-state index is 10.9.